The third-order valence-electron chi connectivity index (χ3n) is 4.38. The van der Waals surface area contributed by atoms with E-state index >= 15 is 0 Å². The number of nitrogens with one attached hydrogen (secondary N) is 2. The normalized spacial score (nSPS) is 14.7. The summed E-state index contributed by atoms with van der Waals surface area (Å²) in [6.45, 7) is 7.30. The average Bonchev–Trinajstić information content (AvgIpc) is 3.10. The fourth-order valence-electron chi connectivity index (χ4n) is 2.93. The predicted octanol–water partition coefficient (Wildman–Crippen LogP) is 2.49. The number of rotatable bonds is 7. The molecule has 0 unspecified atom stereocenters. The highest BCUT2D eigenvalue weighted by molar-refractivity contribution is 5.61. The standard InChI is InChI=1S/C18H26N6/c1-14-4-5-15(20-6-9-24-7-2-3-8-24)10-17(14)22-11-16-12-23-18(19)13-21-16/h4-5,10,12-13,20,22H,2-3,6-9,11H2,1H3,(H2,19,23). The molecule has 1 aliphatic rings. The van der Waals surface area contributed by atoms with E-state index in [0.717, 1.165) is 30.2 Å². The minimum atomic E-state index is 0.444. The molecule has 2 aromatic rings. The fourth-order valence-corrected chi connectivity index (χ4v) is 2.93. The SMILES string of the molecule is Cc1ccc(NCCN2CCCC2)cc1NCc1cnc(N)cn1. The Kier molecular flexibility index (Phi) is 5.48. The lowest BCUT2D eigenvalue weighted by Crippen LogP contribution is -2.25. The highest BCUT2D eigenvalue weighted by atomic mass is 15.1. The van der Waals surface area contributed by atoms with E-state index in [1.54, 1.807) is 12.4 Å². The summed E-state index contributed by atoms with van der Waals surface area (Å²) in [5, 5.41) is 6.95. The van der Waals surface area contributed by atoms with Gasteiger partial charge in [0.25, 0.3) is 0 Å². The second kappa shape index (κ2) is 7.97. The van der Waals surface area contributed by atoms with Crippen molar-refractivity contribution < 1.29 is 0 Å². The van der Waals surface area contributed by atoms with E-state index in [4.69, 9.17) is 5.73 Å². The van der Waals surface area contributed by atoms with Crippen molar-refractivity contribution in [1.29, 1.82) is 0 Å². The molecule has 3 rings (SSSR count). The van der Waals surface area contributed by atoms with Crippen molar-refractivity contribution in [1.82, 2.24) is 14.9 Å². The lowest BCUT2D eigenvalue weighted by molar-refractivity contribution is 0.352. The van der Waals surface area contributed by atoms with E-state index in [1.807, 2.05) is 0 Å². The van der Waals surface area contributed by atoms with E-state index in [2.05, 4.69) is 50.6 Å². The Morgan fingerprint density at radius 1 is 1.12 bits per heavy atom. The molecule has 1 saturated heterocycles. The Balaban J connectivity index is 1.53. The van der Waals surface area contributed by atoms with Crippen LogP contribution in [0.2, 0.25) is 0 Å². The zero-order chi connectivity index (χ0) is 16.8. The van der Waals surface area contributed by atoms with Crippen LogP contribution in [-0.4, -0.2) is 41.0 Å². The van der Waals surface area contributed by atoms with Crippen LogP contribution in [0, 0.1) is 6.92 Å². The number of nitrogens with two attached hydrogens (primary N) is 1. The van der Waals surface area contributed by atoms with Crippen LogP contribution in [0.25, 0.3) is 0 Å². The van der Waals surface area contributed by atoms with Crippen molar-refractivity contribution in [2.75, 3.05) is 42.5 Å². The summed E-state index contributed by atoms with van der Waals surface area (Å²) in [5.74, 6) is 0.444. The van der Waals surface area contributed by atoms with Crippen LogP contribution in [-0.2, 0) is 6.54 Å². The number of nitrogen functional groups attached to an aromatic ring is 1. The van der Waals surface area contributed by atoms with Crippen LogP contribution in [0.1, 0.15) is 24.1 Å². The van der Waals surface area contributed by atoms with Crippen molar-refractivity contribution in [2.45, 2.75) is 26.3 Å². The van der Waals surface area contributed by atoms with Gasteiger partial charge in [-0.1, -0.05) is 6.07 Å². The molecule has 6 nitrogen and oxygen atoms in total. The summed E-state index contributed by atoms with van der Waals surface area (Å²) < 4.78 is 0. The average molecular weight is 326 g/mol. The summed E-state index contributed by atoms with van der Waals surface area (Å²) in [7, 11) is 0. The van der Waals surface area contributed by atoms with Crippen molar-refractivity contribution in [2.24, 2.45) is 0 Å². The van der Waals surface area contributed by atoms with Gasteiger partial charge in [0.2, 0.25) is 0 Å². The van der Waals surface area contributed by atoms with Gasteiger partial charge in [-0.3, -0.25) is 4.98 Å². The molecule has 0 spiro atoms. The zero-order valence-corrected chi connectivity index (χ0v) is 14.3. The predicted molar refractivity (Wildman–Crippen MR) is 99.1 cm³/mol. The van der Waals surface area contributed by atoms with Crippen LogP contribution < -0.4 is 16.4 Å². The minimum Gasteiger partial charge on any atom is -0.384 e. The molecule has 6 heteroatoms. The zero-order valence-electron chi connectivity index (χ0n) is 14.3. The molecular weight excluding hydrogens is 300 g/mol. The Hall–Kier alpha value is -2.34. The molecule has 0 saturated carbocycles. The van der Waals surface area contributed by atoms with Gasteiger partial charge in [0.15, 0.2) is 0 Å². The lowest BCUT2D eigenvalue weighted by Gasteiger charge is -2.16. The number of aromatic nitrogens is 2. The first-order valence-corrected chi connectivity index (χ1v) is 8.58. The Morgan fingerprint density at radius 2 is 1.96 bits per heavy atom. The second-order valence-electron chi connectivity index (χ2n) is 6.29. The molecule has 0 bridgehead atoms. The van der Waals surface area contributed by atoms with E-state index in [-0.39, 0.29) is 0 Å². The van der Waals surface area contributed by atoms with Gasteiger partial charge in [-0.2, -0.15) is 0 Å². The van der Waals surface area contributed by atoms with E-state index < -0.39 is 0 Å². The van der Waals surface area contributed by atoms with Crippen LogP contribution in [0.3, 0.4) is 0 Å². The molecule has 24 heavy (non-hydrogen) atoms. The second-order valence-corrected chi connectivity index (χ2v) is 6.29. The molecule has 1 aromatic carbocycles. The Labute approximate surface area is 143 Å². The summed E-state index contributed by atoms with van der Waals surface area (Å²) >= 11 is 0. The maximum Gasteiger partial charge on any atom is 0.141 e. The van der Waals surface area contributed by atoms with Gasteiger partial charge < -0.3 is 21.3 Å². The monoisotopic (exact) mass is 326 g/mol. The summed E-state index contributed by atoms with van der Waals surface area (Å²) in [4.78, 5) is 10.8. The molecule has 1 aliphatic heterocycles. The first-order chi connectivity index (χ1) is 11.7. The summed E-state index contributed by atoms with van der Waals surface area (Å²) in [6, 6.07) is 6.42. The maximum absolute atomic E-state index is 5.56. The van der Waals surface area contributed by atoms with Gasteiger partial charge in [0, 0.05) is 24.5 Å². The van der Waals surface area contributed by atoms with Crippen molar-refractivity contribution in [3.05, 3.63) is 41.9 Å². The molecule has 4 N–H and O–H groups in total. The van der Waals surface area contributed by atoms with Gasteiger partial charge in [0.1, 0.15) is 5.82 Å². The number of hydrogen-bond donors (Lipinski definition) is 3. The number of aryl methyl sites for hydroxylation is 1. The van der Waals surface area contributed by atoms with Crippen molar-refractivity contribution >= 4 is 17.2 Å². The maximum atomic E-state index is 5.56. The largest absolute Gasteiger partial charge is 0.384 e. The topological polar surface area (TPSA) is 79.1 Å². The highest BCUT2D eigenvalue weighted by Crippen LogP contribution is 2.21. The molecule has 0 aliphatic carbocycles. The highest BCUT2D eigenvalue weighted by Gasteiger charge is 2.10. The van der Waals surface area contributed by atoms with Crippen LogP contribution in [0.15, 0.2) is 30.6 Å². The molecule has 0 atom stereocenters. The molecule has 128 valence electrons. The van der Waals surface area contributed by atoms with Gasteiger partial charge in [-0.05, 0) is 50.6 Å². The van der Waals surface area contributed by atoms with E-state index in [0.29, 0.717) is 12.4 Å². The van der Waals surface area contributed by atoms with Gasteiger partial charge >= 0.3 is 0 Å². The van der Waals surface area contributed by atoms with Crippen molar-refractivity contribution in [3.8, 4) is 0 Å². The molecule has 2 heterocycles. The summed E-state index contributed by atoms with van der Waals surface area (Å²) in [6.07, 6.45) is 5.97. The molecule has 0 radical (unpaired) electrons. The van der Waals surface area contributed by atoms with Crippen LogP contribution in [0.5, 0.6) is 0 Å². The molecule has 1 fully saturated rings. The third-order valence-corrected chi connectivity index (χ3v) is 4.38. The third kappa shape index (κ3) is 4.58. The molecule has 1 aromatic heterocycles. The van der Waals surface area contributed by atoms with E-state index in [9.17, 15) is 0 Å². The quantitative estimate of drug-likeness (QED) is 0.725. The Morgan fingerprint density at radius 3 is 2.71 bits per heavy atom. The minimum absolute atomic E-state index is 0.444. The number of nitrogens with zero attached hydrogens (tertiary/aromatic N) is 3. The number of likely N-dealkylation sites (tertiary alicyclic amines) is 1. The van der Waals surface area contributed by atoms with Crippen LogP contribution in [0.4, 0.5) is 17.2 Å². The lowest BCUT2D eigenvalue weighted by atomic mass is 10.1. The number of hydrogen-bond acceptors (Lipinski definition) is 6. The summed E-state index contributed by atoms with van der Waals surface area (Å²) in [5.41, 5.74) is 9.90. The van der Waals surface area contributed by atoms with Gasteiger partial charge in [0.05, 0.1) is 24.6 Å². The number of benzene rings is 1. The van der Waals surface area contributed by atoms with E-state index in [1.165, 1.54) is 31.5 Å². The van der Waals surface area contributed by atoms with Gasteiger partial charge in [-0.25, -0.2) is 4.98 Å². The van der Waals surface area contributed by atoms with Crippen LogP contribution >= 0.6 is 0 Å². The smallest absolute Gasteiger partial charge is 0.141 e. The Bertz CT molecular complexity index is 649. The van der Waals surface area contributed by atoms with Crippen molar-refractivity contribution in [3.63, 3.8) is 0 Å². The van der Waals surface area contributed by atoms with Gasteiger partial charge in [-0.15, -0.1) is 0 Å². The first-order valence-electron chi connectivity index (χ1n) is 8.58. The first kappa shape index (κ1) is 16.5. The fraction of sp³-hybridized carbons (Fsp3) is 0.444. The molecule has 0 amide bonds. The molecular formula is C18H26N6. The number of anilines is 3.